The Kier molecular flexibility index (Phi) is 1.61. The van der Waals surface area contributed by atoms with E-state index in [0.717, 1.165) is 12.8 Å². The van der Waals surface area contributed by atoms with Gasteiger partial charge in [-0.1, -0.05) is 0 Å². The van der Waals surface area contributed by atoms with Gasteiger partial charge in [-0.05, 0) is 19.3 Å². The summed E-state index contributed by atoms with van der Waals surface area (Å²) >= 11 is 0. The number of hydrogen-bond acceptors (Lipinski definition) is 2. The lowest BCUT2D eigenvalue weighted by molar-refractivity contribution is 0.954. The molecule has 0 atom stereocenters. The van der Waals surface area contributed by atoms with E-state index < -0.39 is 0 Å². The molecule has 0 saturated heterocycles. The van der Waals surface area contributed by atoms with E-state index in [1.165, 1.54) is 6.42 Å². The molecule has 0 N–H and O–H groups in total. The summed E-state index contributed by atoms with van der Waals surface area (Å²) < 4.78 is 0. The van der Waals surface area contributed by atoms with Gasteiger partial charge in [0.2, 0.25) is 0 Å². The van der Waals surface area contributed by atoms with E-state index in [2.05, 4.69) is 10.2 Å². The van der Waals surface area contributed by atoms with Crippen LogP contribution >= 0.6 is 0 Å². The number of nitrogens with zero attached hydrogens (tertiary/aromatic N) is 2. The van der Waals surface area contributed by atoms with Crippen LogP contribution in [0.3, 0.4) is 0 Å². The smallest absolute Gasteiger partial charge is 0.0270 e. The van der Waals surface area contributed by atoms with Crippen molar-refractivity contribution in [1.29, 1.82) is 0 Å². The molecule has 0 spiro atoms. The van der Waals surface area contributed by atoms with Gasteiger partial charge >= 0.3 is 0 Å². The van der Waals surface area contributed by atoms with Crippen molar-refractivity contribution < 1.29 is 0 Å². The van der Waals surface area contributed by atoms with Crippen LogP contribution in [0, 0.1) is 0 Å². The van der Waals surface area contributed by atoms with Gasteiger partial charge in [-0.2, -0.15) is 10.2 Å². The fourth-order valence-corrected chi connectivity index (χ4v) is 0.510. The second-order valence-corrected chi connectivity index (χ2v) is 1.53. The zero-order valence-corrected chi connectivity index (χ0v) is 4.17. The predicted octanol–water partition coefficient (Wildman–Crippen LogP) is 1.23. The van der Waals surface area contributed by atoms with E-state index in [1.54, 1.807) is 0 Å². The lowest BCUT2D eigenvalue weighted by Crippen LogP contribution is -1.72. The molecule has 0 unspecified atom stereocenters. The quantitative estimate of drug-likeness (QED) is 0.433. The van der Waals surface area contributed by atoms with Gasteiger partial charge in [0.05, 0.1) is 0 Å². The molecular formula is C5H8N2. The number of hydrogen-bond donors (Lipinski definition) is 0. The molecule has 2 nitrogen and oxygen atoms in total. The van der Waals surface area contributed by atoms with Gasteiger partial charge in [-0.25, -0.2) is 0 Å². The van der Waals surface area contributed by atoms with E-state index in [0.29, 0.717) is 0 Å². The van der Waals surface area contributed by atoms with Gasteiger partial charge in [-0.15, -0.1) is 0 Å². The zero-order chi connectivity index (χ0) is 4.95. The average molecular weight is 96.1 g/mol. The molecule has 0 aromatic carbocycles. The van der Waals surface area contributed by atoms with Crippen LogP contribution in [0.1, 0.15) is 19.3 Å². The molecule has 0 amide bonds. The summed E-state index contributed by atoms with van der Waals surface area (Å²) in [6, 6.07) is 0. The van der Waals surface area contributed by atoms with Crippen molar-refractivity contribution in [1.82, 2.24) is 0 Å². The summed E-state index contributed by atoms with van der Waals surface area (Å²) in [5, 5.41) is 7.43. The van der Waals surface area contributed by atoms with Gasteiger partial charge in [0.1, 0.15) is 0 Å². The average Bonchev–Trinajstić information content (AvgIpc) is 1.90. The third-order valence-corrected chi connectivity index (χ3v) is 0.896. The van der Waals surface area contributed by atoms with E-state index in [-0.39, 0.29) is 0 Å². The third-order valence-electron chi connectivity index (χ3n) is 0.896. The van der Waals surface area contributed by atoms with Gasteiger partial charge in [0, 0.05) is 12.4 Å². The molecule has 0 fully saturated rings. The first-order valence-corrected chi connectivity index (χ1v) is 2.53. The van der Waals surface area contributed by atoms with Gasteiger partial charge in [0.15, 0.2) is 0 Å². The summed E-state index contributed by atoms with van der Waals surface area (Å²) in [6.07, 6.45) is 7.07. The van der Waals surface area contributed by atoms with Crippen molar-refractivity contribution in [3.05, 3.63) is 0 Å². The zero-order valence-electron chi connectivity index (χ0n) is 4.17. The van der Waals surface area contributed by atoms with E-state index in [4.69, 9.17) is 0 Å². The van der Waals surface area contributed by atoms with Crippen LogP contribution in [-0.4, -0.2) is 12.4 Å². The minimum Gasteiger partial charge on any atom is -0.164 e. The minimum atomic E-state index is 1.08. The second kappa shape index (κ2) is 2.50. The molecule has 0 aromatic heterocycles. The topological polar surface area (TPSA) is 24.7 Å². The van der Waals surface area contributed by atoms with Crippen LogP contribution in [-0.2, 0) is 0 Å². The Morgan fingerprint density at radius 2 is 1.57 bits per heavy atom. The molecule has 0 aromatic rings. The summed E-state index contributed by atoms with van der Waals surface area (Å²) in [5.74, 6) is 0. The first kappa shape index (κ1) is 4.50. The molecular weight excluding hydrogens is 88.1 g/mol. The Morgan fingerprint density at radius 1 is 1.00 bits per heavy atom. The molecule has 38 valence electrons. The van der Waals surface area contributed by atoms with Crippen molar-refractivity contribution in [3.8, 4) is 0 Å². The van der Waals surface area contributed by atoms with Crippen molar-refractivity contribution in [2.45, 2.75) is 19.3 Å². The summed E-state index contributed by atoms with van der Waals surface area (Å²) in [5.41, 5.74) is 0. The molecule has 1 aliphatic heterocycles. The fraction of sp³-hybridized carbons (Fsp3) is 0.600. The minimum absolute atomic E-state index is 1.08. The highest BCUT2D eigenvalue weighted by atomic mass is 15.2. The summed E-state index contributed by atoms with van der Waals surface area (Å²) in [6.45, 7) is 0. The van der Waals surface area contributed by atoms with Crippen LogP contribution < -0.4 is 0 Å². The molecule has 1 rings (SSSR count). The Bertz CT molecular complexity index is 82.3. The Hall–Kier alpha value is -0.660. The molecule has 0 radical (unpaired) electrons. The SMILES string of the molecule is C1=NN=CCCC1. The predicted molar refractivity (Wildman–Crippen MR) is 30.8 cm³/mol. The molecule has 1 heterocycles. The maximum absolute atomic E-state index is 3.72. The third kappa shape index (κ3) is 1.48. The lowest BCUT2D eigenvalue weighted by Gasteiger charge is -1.78. The largest absolute Gasteiger partial charge is 0.164 e. The molecule has 0 saturated carbocycles. The Morgan fingerprint density at radius 3 is 2.14 bits per heavy atom. The normalized spacial score (nSPS) is 19.4. The highest BCUT2D eigenvalue weighted by Crippen LogP contribution is 1.93. The molecule has 1 aliphatic rings. The van der Waals surface area contributed by atoms with Gasteiger partial charge in [-0.3, -0.25) is 0 Å². The van der Waals surface area contributed by atoms with Crippen molar-refractivity contribution in [2.24, 2.45) is 10.2 Å². The highest BCUT2D eigenvalue weighted by molar-refractivity contribution is 5.64. The van der Waals surface area contributed by atoms with E-state index in [1.807, 2.05) is 12.4 Å². The van der Waals surface area contributed by atoms with Gasteiger partial charge in [0.25, 0.3) is 0 Å². The van der Waals surface area contributed by atoms with Crippen molar-refractivity contribution in [2.75, 3.05) is 0 Å². The Balaban J connectivity index is 2.39. The van der Waals surface area contributed by atoms with Crippen LogP contribution in [0.25, 0.3) is 0 Å². The highest BCUT2D eigenvalue weighted by Gasteiger charge is 1.83. The first-order chi connectivity index (χ1) is 3.50. The van der Waals surface area contributed by atoms with Crippen molar-refractivity contribution in [3.63, 3.8) is 0 Å². The Labute approximate surface area is 43.0 Å². The number of rotatable bonds is 0. The summed E-state index contributed by atoms with van der Waals surface area (Å²) in [4.78, 5) is 0. The second-order valence-electron chi connectivity index (χ2n) is 1.53. The molecule has 0 aliphatic carbocycles. The van der Waals surface area contributed by atoms with Crippen LogP contribution in [0.5, 0.6) is 0 Å². The van der Waals surface area contributed by atoms with Crippen LogP contribution in [0.15, 0.2) is 10.2 Å². The summed E-state index contributed by atoms with van der Waals surface area (Å²) in [7, 11) is 0. The fourth-order valence-electron chi connectivity index (χ4n) is 0.510. The van der Waals surface area contributed by atoms with Crippen LogP contribution in [0.2, 0.25) is 0 Å². The van der Waals surface area contributed by atoms with Gasteiger partial charge < -0.3 is 0 Å². The van der Waals surface area contributed by atoms with E-state index in [9.17, 15) is 0 Å². The molecule has 7 heavy (non-hydrogen) atoms. The van der Waals surface area contributed by atoms with Crippen LogP contribution in [0.4, 0.5) is 0 Å². The molecule has 2 heteroatoms. The maximum Gasteiger partial charge on any atom is 0.0270 e. The lowest BCUT2D eigenvalue weighted by atomic mass is 10.3. The first-order valence-electron chi connectivity index (χ1n) is 2.53. The standard InChI is InChI=1S/C5H8N2/c1-2-4-6-7-5-3-1/h4-5H,1-3H2. The monoisotopic (exact) mass is 96.1 g/mol. The molecule has 0 bridgehead atoms. The maximum atomic E-state index is 3.72. The van der Waals surface area contributed by atoms with E-state index >= 15 is 0 Å². The van der Waals surface area contributed by atoms with Crippen molar-refractivity contribution >= 4 is 12.4 Å².